The number of ether oxygens (including phenoxy) is 2. The predicted octanol–water partition coefficient (Wildman–Crippen LogP) is 2.02. The van der Waals surface area contributed by atoms with Crippen LogP contribution >= 0.6 is 0 Å². The molecule has 2 heterocycles. The van der Waals surface area contributed by atoms with Gasteiger partial charge in [-0.3, -0.25) is 9.88 Å². The molecule has 1 saturated carbocycles. The fraction of sp³-hybridized carbons (Fsp3) is 0.562. The van der Waals surface area contributed by atoms with E-state index in [0.717, 1.165) is 38.2 Å². The van der Waals surface area contributed by atoms with E-state index < -0.39 is 0 Å². The smallest absolute Gasteiger partial charge is 0.0992 e. The van der Waals surface area contributed by atoms with Crippen molar-refractivity contribution in [3.05, 3.63) is 42.7 Å². The number of pyridine rings is 1. The van der Waals surface area contributed by atoms with Crippen molar-refractivity contribution >= 4 is 0 Å². The van der Waals surface area contributed by atoms with Crippen molar-refractivity contribution in [2.24, 2.45) is 0 Å². The van der Waals surface area contributed by atoms with Gasteiger partial charge in [0.05, 0.1) is 31.1 Å². The molecule has 20 heavy (non-hydrogen) atoms. The van der Waals surface area contributed by atoms with Gasteiger partial charge in [0.1, 0.15) is 0 Å². The zero-order chi connectivity index (χ0) is 13.8. The average molecular weight is 274 g/mol. The zero-order valence-corrected chi connectivity index (χ0v) is 11.8. The Morgan fingerprint density at radius 2 is 2.40 bits per heavy atom. The Labute approximate surface area is 120 Å². The van der Waals surface area contributed by atoms with E-state index in [2.05, 4.69) is 22.5 Å². The molecule has 1 saturated heterocycles. The van der Waals surface area contributed by atoms with E-state index in [0.29, 0.717) is 12.6 Å². The van der Waals surface area contributed by atoms with E-state index in [9.17, 15) is 0 Å². The number of morpholine rings is 1. The molecule has 1 aromatic rings. The quantitative estimate of drug-likeness (QED) is 0.769. The van der Waals surface area contributed by atoms with Crippen LogP contribution in [-0.2, 0) is 16.0 Å². The van der Waals surface area contributed by atoms with Crippen molar-refractivity contribution in [1.82, 2.24) is 9.88 Å². The molecule has 108 valence electrons. The SMILES string of the molecule is C=CCO[C@@H]1CC[C@H]2[C@H]1OCCN2Cc1ccccn1. The summed E-state index contributed by atoms with van der Waals surface area (Å²) in [6, 6.07) is 6.55. The lowest BCUT2D eigenvalue weighted by atomic mass is 10.1. The number of fused-ring (bicyclic) bond motifs is 1. The highest BCUT2D eigenvalue weighted by molar-refractivity contribution is 5.05. The summed E-state index contributed by atoms with van der Waals surface area (Å²) in [5, 5.41) is 0. The standard InChI is InChI=1S/C16H22N2O2/c1-2-10-19-15-7-6-14-16(15)20-11-9-18(14)12-13-5-3-4-8-17-13/h2-5,8,14-16H,1,6-7,9-12H2/t14-,15+,16+/m0/s1. The van der Waals surface area contributed by atoms with Gasteiger partial charge >= 0.3 is 0 Å². The van der Waals surface area contributed by atoms with Gasteiger partial charge in [-0.2, -0.15) is 0 Å². The second kappa shape index (κ2) is 6.48. The Morgan fingerprint density at radius 1 is 1.45 bits per heavy atom. The highest BCUT2D eigenvalue weighted by Gasteiger charge is 2.43. The third kappa shape index (κ3) is 2.92. The fourth-order valence-electron chi connectivity index (χ4n) is 3.26. The molecule has 1 aliphatic heterocycles. The molecule has 1 aliphatic carbocycles. The molecule has 1 aromatic heterocycles. The van der Waals surface area contributed by atoms with Gasteiger partial charge in [0.25, 0.3) is 0 Å². The number of rotatable bonds is 5. The van der Waals surface area contributed by atoms with Crippen LogP contribution < -0.4 is 0 Å². The maximum absolute atomic E-state index is 5.96. The van der Waals surface area contributed by atoms with E-state index in [-0.39, 0.29) is 12.2 Å². The Balaban J connectivity index is 1.64. The van der Waals surface area contributed by atoms with Gasteiger partial charge in [-0.05, 0) is 25.0 Å². The second-order valence-corrected chi connectivity index (χ2v) is 5.43. The highest BCUT2D eigenvalue weighted by atomic mass is 16.5. The van der Waals surface area contributed by atoms with E-state index >= 15 is 0 Å². The largest absolute Gasteiger partial charge is 0.373 e. The highest BCUT2D eigenvalue weighted by Crippen LogP contribution is 2.32. The first-order valence-corrected chi connectivity index (χ1v) is 7.36. The van der Waals surface area contributed by atoms with Crippen molar-refractivity contribution in [3.8, 4) is 0 Å². The van der Waals surface area contributed by atoms with Crippen LogP contribution in [0.4, 0.5) is 0 Å². The topological polar surface area (TPSA) is 34.6 Å². The van der Waals surface area contributed by atoms with Crippen LogP contribution in [-0.4, -0.2) is 47.9 Å². The Bertz CT molecular complexity index is 437. The van der Waals surface area contributed by atoms with Gasteiger partial charge in [0.2, 0.25) is 0 Å². The first-order valence-electron chi connectivity index (χ1n) is 7.36. The molecule has 0 aromatic carbocycles. The summed E-state index contributed by atoms with van der Waals surface area (Å²) in [5.74, 6) is 0. The molecule has 0 bridgehead atoms. The van der Waals surface area contributed by atoms with Crippen LogP contribution in [0.25, 0.3) is 0 Å². The van der Waals surface area contributed by atoms with Gasteiger partial charge in [-0.1, -0.05) is 12.1 Å². The van der Waals surface area contributed by atoms with Gasteiger partial charge in [-0.15, -0.1) is 6.58 Å². The zero-order valence-electron chi connectivity index (χ0n) is 11.8. The van der Waals surface area contributed by atoms with E-state index in [4.69, 9.17) is 9.47 Å². The maximum atomic E-state index is 5.96. The van der Waals surface area contributed by atoms with E-state index in [1.54, 1.807) is 0 Å². The molecule has 4 nitrogen and oxygen atoms in total. The van der Waals surface area contributed by atoms with Crippen LogP contribution in [0.2, 0.25) is 0 Å². The Morgan fingerprint density at radius 3 is 3.20 bits per heavy atom. The minimum absolute atomic E-state index is 0.201. The van der Waals surface area contributed by atoms with Crippen molar-refractivity contribution < 1.29 is 9.47 Å². The van der Waals surface area contributed by atoms with Gasteiger partial charge in [-0.25, -0.2) is 0 Å². The van der Waals surface area contributed by atoms with Gasteiger partial charge in [0.15, 0.2) is 0 Å². The lowest BCUT2D eigenvalue weighted by molar-refractivity contribution is -0.111. The molecule has 0 N–H and O–H groups in total. The lowest BCUT2D eigenvalue weighted by Gasteiger charge is -2.38. The summed E-state index contributed by atoms with van der Waals surface area (Å²) in [6.07, 6.45) is 6.29. The number of hydrogen-bond donors (Lipinski definition) is 0. The number of aromatic nitrogens is 1. The number of hydrogen-bond acceptors (Lipinski definition) is 4. The molecular formula is C16H22N2O2. The first kappa shape index (κ1) is 13.7. The van der Waals surface area contributed by atoms with Crippen LogP contribution in [0.1, 0.15) is 18.5 Å². The summed E-state index contributed by atoms with van der Waals surface area (Å²) in [4.78, 5) is 6.92. The summed E-state index contributed by atoms with van der Waals surface area (Å²) < 4.78 is 11.8. The summed E-state index contributed by atoms with van der Waals surface area (Å²) in [7, 11) is 0. The average Bonchev–Trinajstić information content (AvgIpc) is 2.90. The molecule has 0 radical (unpaired) electrons. The van der Waals surface area contributed by atoms with Crippen molar-refractivity contribution in [2.45, 2.75) is 37.6 Å². The summed E-state index contributed by atoms with van der Waals surface area (Å²) in [6.45, 7) is 6.98. The van der Waals surface area contributed by atoms with Gasteiger partial charge < -0.3 is 9.47 Å². The van der Waals surface area contributed by atoms with Crippen LogP contribution in [0.3, 0.4) is 0 Å². The van der Waals surface area contributed by atoms with Gasteiger partial charge in [0, 0.05) is 25.3 Å². The third-order valence-electron chi connectivity index (χ3n) is 4.17. The predicted molar refractivity (Wildman–Crippen MR) is 77.3 cm³/mol. The Kier molecular flexibility index (Phi) is 4.45. The number of nitrogens with zero attached hydrogens (tertiary/aromatic N) is 2. The van der Waals surface area contributed by atoms with E-state index in [1.165, 1.54) is 0 Å². The van der Waals surface area contributed by atoms with E-state index in [1.807, 2.05) is 24.4 Å². The van der Waals surface area contributed by atoms with Crippen molar-refractivity contribution in [3.63, 3.8) is 0 Å². The molecule has 4 heteroatoms. The molecule has 3 rings (SSSR count). The molecular weight excluding hydrogens is 252 g/mol. The second-order valence-electron chi connectivity index (χ2n) is 5.43. The minimum atomic E-state index is 0.201. The molecule has 2 aliphatic rings. The van der Waals surface area contributed by atoms with Crippen LogP contribution in [0.5, 0.6) is 0 Å². The molecule has 2 fully saturated rings. The summed E-state index contributed by atoms with van der Waals surface area (Å²) >= 11 is 0. The first-order chi connectivity index (χ1) is 9.88. The maximum Gasteiger partial charge on any atom is 0.0992 e. The summed E-state index contributed by atoms with van der Waals surface area (Å²) in [5.41, 5.74) is 1.13. The molecule has 0 amide bonds. The van der Waals surface area contributed by atoms with Crippen LogP contribution in [0.15, 0.2) is 37.1 Å². The molecule has 3 atom stereocenters. The molecule has 0 unspecified atom stereocenters. The van der Waals surface area contributed by atoms with Crippen molar-refractivity contribution in [2.75, 3.05) is 19.8 Å². The fourth-order valence-corrected chi connectivity index (χ4v) is 3.26. The third-order valence-corrected chi connectivity index (χ3v) is 4.17. The minimum Gasteiger partial charge on any atom is -0.373 e. The Hall–Kier alpha value is -1.23. The monoisotopic (exact) mass is 274 g/mol. The van der Waals surface area contributed by atoms with Crippen molar-refractivity contribution in [1.29, 1.82) is 0 Å². The normalized spacial score (nSPS) is 30.1. The molecule has 0 spiro atoms. The lowest BCUT2D eigenvalue weighted by Crippen LogP contribution is -2.51. The van der Waals surface area contributed by atoms with Crippen LogP contribution in [0, 0.1) is 0 Å².